The molecule has 1 aromatic carbocycles. The number of rotatable bonds is 10. The Morgan fingerprint density at radius 3 is 2.53 bits per heavy atom. The lowest BCUT2D eigenvalue weighted by Gasteiger charge is -2.24. The van der Waals surface area contributed by atoms with Crippen molar-refractivity contribution in [1.82, 2.24) is 24.5 Å². The molecule has 1 amide bonds. The highest BCUT2D eigenvalue weighted by Crippen LogP contribution is 2.28. The first-order valence-corrected chi connectivity index (χ1v) is 10.2. The van der Waals surface area contributed by atoms with Crippen molar-refractivity contribution in [1.29, 1.82) is 0 Å². The minimum absolute atomic E-state index is 0.0346. The average Bonchev–Trinajstić information content (AvgIpc) is 3.41. The summed E-state index contributed by atoms with van der Waals surface area (Å²) in [5, 5.41) is 17.7. The van der Waals surface area contributed by atoms with Gasteiger partial charge in [0.2, 0.25) is 0 Å². The Kier molecular flexibility index (Phi) is 7.14. The lowest BCUT2D eigenvalue weighted by atomic mass is 10.1. The number of methoxy groups -OCH3 is 2. The molecule has 0 saturated carbocycles. The van der Waals surface area contributed by atoms with Crippen molar-refractivity contribution in [3.05, 3.63) is 59.2 Å². The van der Waals surface area contributed by atoms with Crippen LogP contribution < -0.4 is 9.47 Å². The Morgan fingerprint density at radius 2 is 1.88 bits per heavy atom. The van der Waals surface area contributed by atoms with Crippen LogP contribution in [0.25, 0.3) is 0 Å². The summed E-state index contributed by atoms with van der Waals surface area (Å²) >= 11 is 0. The van der Waals surface area contributed by atoms with E-state index >= 15 is 0 Å². The van der Waals surface area contributed by atoms with Crippen LogP contribution in [0.4, 0.5) is 0 Å². The molecule has 0 spiro atoms. The van der Waals surface area contributed by atoms with E-state index in [-0.39, 0.29) is 17.8 Å². The number of aromatic carboxylic acids is 1. The van der Waals surface area contributed by atoms with E-state index < -0.39 is 11.9 Å². The van der Waals surface area contributed by atoms with Crippen molar-refractivity contribution in [2.75, 3.05) is 20.8 Å². The summed E-state index contributed by atoms with van der Waals surface area (Å²) in [5.41, 5.74) is 1.71. The number of carboxylic acids is 1. The van der Waals surface area contributed by atoms with Crippen molar-refractivity contribution in [2.45, 2.75) is 26.4 Å². The molecule has 0 aliphatic heterocycles. The van der Waals surface area contributed by atoms with Crippen LogP contribution >= 0.6 is 0 Å². The van der Waals surface area contributed by atoms with Crippen LogP contribution in [0, 0.1) is 0 Å². The number of aromatic nitrogens is 4. The van der Waals surface area contributed by atoms with Gasteiger partial charge in [-0.05, 0) is 37.1 Å². The van der Waals surface area contributed by atoms with Gasteiger partial charge in [-0.2, -0.15) is 10.2 Å². The second-order valence-corrected chi connectivity index (χ2v) is 7.14. The Bertz CT molecular complexity index is 1100. The number of nitrogens with zero attached hydrogens (tertiary/aromatic N) is 5. The highest BCUT2D eigenvalue weighted by atomic mass is 16.5. The first-order chi connectivity index (χ1) is 15.4. The minimum Gasteiger partial charge on any atom is -0.493 e. The van der Waals surface area contributed by atoms with E-state index in [1.807, 2.05) is 31.2 Å². The fourth-order valence-corrected chi connectivity index (χ4v) is 3.52. The van der Waals surface area contributed by atoms with Gasteiger partial charge in [0.05, 0.1) is 32.7 Å². The maximum absolute atomic E-state index is 13.5. The number of carboxylic acid groups (broad SMARTS) is 1. The Hall–Kier alpha value is -3.82. The number of benzene rings is 1. The number of hydrogen-bond donors (Lipinski definition) is 1. The topological polar surface area (TPSA) is 112 Å². The second kappa shape index (κ2) is 9.99. The summed E-state index contributed by atoms with van der Waals surface area (Å²) in [4.78, 5) is 26.7. The van der Waals surface area contributed by atoms with Crippen molar-refractivity contribution < 1.29 is 24.2 Å². The number of carbonyl (C=O) groups is 2. The molecular formula is C22H27N5O5. The van der Waals surface area contributed by atoms with Crippen LogP contribution in [0.5, 0.6) is 11.5 Å². The Labute approximate surface area is 186 Å². The normalized spacial score (nSPS) is 10.8. The van der Waals surface area contributed by atoms with Gasteiger partial charge in [-0.15, -0.1) is 0 Å². The second-order valence-electron chi connectivity index (χ2n) is 7.14. The molecule has 0 bridgehead atoms. The van der Waals surface area contributed by atoms with Gasteiger partial charge in [-0.3, -0.25) is 14.2 Å². The first-order valence-electron chi connectivity index (χ1n) is 10.2. The molecule has 10 nitrogen and oxygen atoms in total. The largest absolute Gasteiger partial charge is 0.493 e. The van der Waals surface area contributed by atoms with Crippen molar-refractivity contribution in [3.63, 3.8) is 0 Å². The molecule has 1 N–H and O–H groups in total. The summed E-state index contributed by atoms with van der Waals surface area (Å²) in [6.07, 6.45) is 3.41. The van der Waals surface area contributed by atoms with Crippen molar-refractivity contribution in [2.24, 2.45) is 7.05 Å². The summed E-state index contributed by atoms with van der Waals surface area (Å²) < 4.78 is 13.8. The quantitative estimate of drug-likeness (QED) is 0.513. The maximum Gasteiger partial charge on any atom is 0.339 e. The average molecular weight is 441 g/mol. The fraction of sp³-hybridized carbons (Fsp3) is 0.364. The van der Waals surface area contributed by atoms with Gasteiger partial charge in [0, 0.05) is 26.3 Å². The first kappa shape index (κ1) is 22.9. The lowest BCUT2D eigenvalue weighted by molar-refractivity contribution is 0.0667. The maximum atomic E-state index is 13.5. The molecule has 0 aliphatic rings. The molecule has 3 aromatic rings. The Morgan fingerprint density at radius 1 is 1.12 bits per heavy atom. The summed E-state index contributed by atoms with van der Waals surface area (Å²) in [5.74, 6) is -0.379. The zero-order valence-corrected chi connectivity index (χ0v) is 18.6. The fourth-order valence-electron chi connectivity index (χ4n) is 3.52. The molecule has 0 saturated heterocycles. The van der Waals surface area contributed by atoms with Crippen LogP contribution in [0.3, 0.4) is 0 Å². The van der Waals surface area contributed by atoms with Gasteiger partial charge in [0.1, 0.15) is 11.3 Å². The number of aryl methyl sites for hydroxylation is 2. The number of hydrogen-bond acceptors (Lipinski definition) is 6. The van der Waals surface area contributed by atoms with E-state index in [1.54, 1.807) is 37.0 Å². The molecule has 0 radical (unpaired) electrons. The third-order valence-corrected chi connectivity index (χ3v) is 5.23. The molecule has 0 aliphatic carbocycles. The molecule has 3 rings (SSSR count). The third kappa shape index (κ3) is 4.74. The van der Waals surface area contributed by atoms with Crippen molar-refractivity contribution >= 4 is 11.9 Å². The Balaban J connectivity index is 1.90. The van der Waals surface area contributed by atoms with Gasteiger partial charge in [0.25, 0.3) is 5.91 Å². The predicted molar refractivity (Wildman–Crippen MR) is 116 cm³/mol. The molecule has 0 atom stereocenters. The van der Waals surface area contributed by atoms with Gasteiger partial charge in [-0.1, -0.05) is 6.07 Å². The lowest BCUT2D eigenvalue weighted by Crippen LogP contribution is -2.35. The zero-order valence-electron chi connectivity index (χ0n) is 18.6. The van der Waals surface area contributed by atoms with E-state index in [4.69, 9.17) is 9.47 Å². The SMILES string of the molecule is CCn1nccc1CN(CCc1ccc(OC)c(OC)c1)C(=O)c1c(C(=O)O)cnn1C. The molecule has 2 aromatic heterocycles. The van der Waals surface area contributed by atoms with E-state index in [2.05, 4.69) is 10.2 Å². The highest BCUT2D eigenvalue weighted by Gasteiger charge is 2.27. The number of amides is 1. The van der Waals surface area contributed by atoms with Gasteiger partial charge >= 0.3 is 5.97 Å². The molecule has 32 heavy (non-hydrogen) atoms. The minimum atomic E-state index is -1.19. The number of carbonyl (C=O) groups excluding carboxylic acids is 1. The summed E-state index contributed by atoms with van der Waals surface area (Å²) in [6.45, 7) is 3.26. The predicted octanol–water partition coefficient (Wildman–Crippen LogP) is 2.24. The third-order valence-electron chi connectivity index (χ3n) is 5.23. The summed E-state index contributed by atoms with van der Waals surface area (Å²) in [7, 11) is 4.70. The highest BCUT2D eigenvalue weighted by molar-refractivity contribution is 6.03. The summed E-state index contributed by atoms with van der Waals surface area (Å²) in [6, 6.07) is 7.44. The molecule has 0 fully saturated rings. The van der Waals surface area contributed by atoms with Crippen LogP contribution in [-0.4, -0.2) is 62.2 Å². The number of ether oxygens (including phenoxy) is 2. The smallest absolute Gasteiger partial charge is 0.339 e. The van der Waals surface area contributed by atoms with Crippen LogP contribution in [-0.2, 0) is 26.6 Å². The van der Waals surface area contributed by atoms with Gasteiger partial charge < -0.3 is 19.5 Å². The van der Waals surface area contributed by atoms with Crippen LogP contribution in [0.2, 0.25) is 0 Å². The molecule has 2 heterocycles. The van der Waals surface area contributed by atoms with E-state index in [1.165, 1.54) is 10.9 Å². The van der Waals surface area contributed by atoms with E-state index in [0.29, 0.717) is 31.0 Å². The standard InChI is InChI=1S/C22H27N5O5/c1-5-27-16(8-10-23-27)14-26(21(28)20-17(22(29)30)13-24-25(20)2)11-9-15-6-7-18(31-3)19(12-15)32-4/h6-8,10,12-13H,5,9,11,14H2,1-4H3,(H,29,30). The van der Waals surface area contributed by atoms with Crippen molar-refractivity contribution in [3.8, 4) is 11.5 Å². The molecule has 0 unspecified atom stereocenters. The van der Waals surface area contributed by atoms with Crippen LogP contribution in [0.1, 0.15) is 39.0 Å². The zero-order chi connectivity index (χ0) is 23.3. The van der Waals surface area contributed by atoms with Gasteiger partial charge in [0.15, 0.2) is 11.5 Å². The van der Waals surface area contributed by atoms with E-state index in [0.717, 1.165) is 11.3 Å². The van der Waals surface area contributed by atoms with E-state index in [9.17, 15) is 14.7 Å². The van der Waals surface area contributed by atoms with Crippen LogP contribution in [0.15, 0.2) is 36.7 Å². The molecule has 170 valence electrons. The molecular weight excluding hydrogens is 414 g/mol. The monoisotopic (exact) mass is 441 g/mol. The van der Waals surface area contributed by atoms with Gasteiger partial charge in [-0.25, -0.2) is 4.79 Å². The molecule has 10 heteroatoms.